The van der Waals surface area contributed by atoms with Crippen LogP contribution in [0, 0.1) is 5.92 Å². The minimum atomic E-state index is -3.16. The van der Waals surface area contributed by atoms with Crippen molar-refractivity contribution in [3.8, 4) is 0 Å². The summed E-state index contributed by atoms with van der Waals surface area (Å²) in [7, 11) is -3.16. The third-order valence-electron chi connectivity index (χ3n) is 3.70. The second kappa shape index (κ2) is 5.52. The van der Waals surface area contributed by atoms with E-state index in [9.17, 15) is 8.42 Å². The molecule has 1 aliphatic heterocycles. The Kier molecular flexibility index (Phi) is 3.93. The first-order valence-electron chi connectivity index (χ1n) is 6.73. The van der Waals surface area contributed by atoms with Crippen molar-refractivity contribution >= 4 is 21.4 Å². The zero-order valence-electron chi connectivity index (χ0n) is 10.8. The highest BCUT2D eigenvalue weighted by atomic mass is 32.2. The van der Waals surface area contributed by atoms with Gasteiger partial charge in [0.1, 0.15) is 0 Å². The maximum absolute atomic E-state index is 12.6. The summed E-state index contributed by atoms with van der Waals surface area (Å²) in [5, 5.41) is 4.03. The van der Waals surface area contributed by atoms with Crippen LogP contribution in [0.2, 0.25) is 0 Å². The fourth-order valence-corrected chi connectivity index (χ4v) is 5.21. The molecule has 0 bridgehead atoms. The Labute approximate surface area is 118 Å². The van der Waals surface area contributed by atoms with E-state index < -0.39 is 10.0 Å². The second-order valence-corrected chi connectivity index (χ2v) is 8.16. The van der Waals surface area contributed by atoms with Crippen molar-refractivity contribution in [1.82, 2.24) is 4.31 Å². The van der Waals surface area contributed by atoms with Crippen molar-refractivity contribution in [2.45, 2.75) is 31.8 Å². The summed E-state index contributed by atoms with van der Waals surface area (Å²) in [6.07, 6.45) is 2.88. The van der Waals surface area contributed by atoms with Crippen LogP contribution in [0.15, 0.2) is 16.8 Å². The highest BCUT2D eigenvalue weighted by Gasteiger charge is 2.38. The molecule has 1 aromatic rings. The van der Waals surface area contributed by atoms with Gasteiger partial charge in [-0.1, -0.05) is 0 Å². The monoisotopic (exact) mass is 301 g/mol. The van der Waals surface area contributed by atoms with Gasteiger partial charge >= 0.3 is 0 Å². The Balaban J connectivity index is 1.71. The van der Waals surface area contributed by atoms with Gasteiger partial charge in [-0.25, -0.2) is 8.42 Å². The predicted octanol–water partition coefficient (Wildman–Crippen LogP) is 2.08. The van der Waals surface area contributed by atoms with Gasteiger partial charge in [-0.2, -0.15) is 15.6 Å². The quantitative estimate of drug-likeness (QED) is 0.808. The number of sulfonamides is 1. The lowest BCUT2D eigenvalue weighted by Crippen LogP contribution is -2.36. The molecule has 0 spiro atoms. The van der Waals surface area contributed by atoms with Gasteiger partial charge in [0, 0.05) is 19.2 Å². The van der Waals surface area contributed by atoms with Crippen LogP contribution in [0.25, 0.3) is 0 Å². The fourth-order valence-electron chi connectivity index (χ4n) is 2.49. The van der Waals surface area contributed by atoms with E-state index in [0.717, 1.165) is 24.8 Å². The number of rotatable bonds is 6. The minimum absolute atomic E-state index is 0.175. The Morgan fingerprint density at radius 1 is 1.37 bits per heavy atom. The molecule has 2 fully saturated rings. The molecular formula is C13H19NO3S2. The van der Waals surface area contributed by atoms with E-state index in [4.69, 9.17) is 4.74 Å². The molecule has 2 aliphatic rings. The molecule has 0 amide bonds. The molecule has 1 atom stereocenters. The van der Waals surface area contributed by atoms with E-state index in [0.29, 0.717) is 19.8 Å². The molecule has 19 heavy (non-hydrogen) atoms. The largest absolute Gasteiger partial charge is 0.381 e. The van der Waals surface area contributed by atoms with Gasteiger partial charge < -0.3 is 4.74 Å². The van der Waals surface area contributed by atoms with Crippen LogP contribution in [-0.4, -0.2) is 37.7 Å². The van der Waals surface area contributed by atoms with Crippen molar-refractivity contribution in [2.24, 2.45) is 5.92 Å². The molecule has 1 saturated carbocycles. The zero-order chi connectivity index (χ0) is 13.3. The highest BCUT2D eigenvalue weighted by molar-refractivity contribution is 7.89. The number of ether oxygens (including phenoxy) is 1. The summed E-state index contributed by atoms with van der Waals surface area (Å²) in [6, 6.07) is 2.24. The first kappa shape index (κ1) is 13.5. The summed E-state index contributed by atoms with van der Waals surface area (Å²) < 4.78 is 32.1. The molecule has 0 radical (unpaired) electrons. The average Bonchev–Trinajstić information content (AvgIpc) is 2.87. The van der Waals surface area contributed by atoms with E-state index in [1.165, 1.54) is 0 Å². The fraction of sp³-hybridized carbons (Fsp3) is 0.692. The lowest BCUT2D eigenvalue weighted by Gasteiger charge is -2.23. The smallest absolute Gasteiger partial charge is 0.215 e. The molecule has 0 unspecified atom stereocenters. The van der Waals surface area contributed by atoms with Crippen LogP contribution >= 0.6 is 11.3 Å². The van der Waals surface area contributed by atoms with Gasteiger partial charge in [0.2, 0.25) is 10.0 Å². The lowest BCUT2D eigenvalue weighted by molar-refractivity contribution is 0.188. The third kappa shape index (κ3) is 3.37. The van der Waals surface area contributed by atoms with Crippen LogP contribution in [0.3, 0.4) is 0 Å². The van der Waals surface area contributed by atoms with Gasteiger partial charge in [-0.3, -0.25) is 0 Å². The first-order valence-corrected chi connectivity index (χ1v) is 9.29. The van der Waals surface area contributed by atoms with Crippen molar-refractivity contribution in [2.75, 3.05) is 19.0 Å². The van der Waals surface area contributed by atoms with Crippen LogP contribution in [0.1, 0.15) is 24.8 Å². The Morgan fingerprint density at radius 3 is 2.79 bits per heavy atom. The maximum Gasteiger partial charge on any atom is 0.215 e. The van der Waals surface area contributed by atoms with Gasteiger partial charge in [-0.15, -0.1) is 0 Å². The van der Waals surface area contributed by atoms with E-state index in [-0.39, 0.29) is 17.7 Å². The molecule has 4 nitrogen and oxygen atoms in total. The predicted molar refractivity (Wildman–Crippen MR) is 75.6 cm³/mol. The Bertz CT molecular complexity index is 502. The molecule has 1 aromatic heterocycles. The van der Waals surface area contributed by atoms with Gasteiger partial charge in [0.15, 0.2) is 0 Å². The molecule has 1 aliphatic carbocycles. The lowest BCUT2D eigenvalue weighted by atomic mass is 10.2. The van der Waals surface area contributed by atoms with Crippen molar-refractivity contribution in [3.63, 3.8) is 0 Å². The van der Waals surface area contributed by atoms with Crippen molar-refractivity contribution in [3.05, 3.63) is 22.4 Å². The van der Waals surface area contributed by atoms with Crippen molar-refractivity contribution < 1.29 is 13.2 Å². The number of thiophene rings is 1. The molecule has 106 valence electrons. The highest BCUT2D eigenvalue weighted by Crippen LogP contribution is 2.32. The van der Waals surface area contributed by atoms with Crippen molar-refractivity contribution in [1.29, 1.82) is 0 Å². The molecule has 0 aromatic carbocycles. The van der Waals surface area contributed by atoms with Gasteiger partial charge in [0.05, 0.1) is 12.4 Å². The Morgan fingerprint density at radius 2 is 2.21 bits per heavy atom. The summed E-state index contributed by atoms with van der Waals surface area (Å²) in [6.45, 7) is 1.83. The van der Waals surface area contributed by atoms with Crippen LogP contribution < -0.4 is 0 Å². The normalized spacial score (nSPS) is 24.2. The maximum atomic E-state index is 12.6. The topological polar surface area (TPSA) is 46.6 Å². The SMILES string of the molecule is O=S(=O)(C[C@H]1CCOC1)N(Cc1ccsc1)C1CC1. The van der Waals surface area contributed by atoms with Crippen LogP contribution in [0.4, 0.5) is 0 Å². The molecule has 1 saturated heterocycles. The zero-order valence-corrected chi connectivity index (χ0v) is 12.5. The van der Waals surface area contributed by atoms with Gasteiger partial charge in [-0.05, 0) is 47.6 Å². The van der Waals surface area contributed by atoms with E-state index >= 15 is 0 Å². The molecule has 2 heterocycles. The molecular weight excluding hydrogens is 282 g/mol. The molecule has 0 N–H and O–H groups in total. The van der Waals surface area contributed by atoms with Crippen LogP contribution in [-0.2, 0) is 21.3 Å². The number of nitrogens with zero attached hydrogens (tertiary/aromatic N) is 1. The summed E-state index contributed by atoms with van der Waals surface area (Å²) in [5.74, 6) is 0.418. The summed E-state index contributed by atoms with van der Waals surface area (Å²) in [5.41, 5.74) is 1.10. The summed E-state index contributed by atoms with van der Waals surface area (Å²) in [4.78, 5) is 0. The van der Waals surface area contributed by atoms with Gasteiger partial charge in [0.25, 0.3) is 0 Å². The third-order valence-corrected chi connectivity index (χ3v) is 6.47. The Hall–Kier alpha value is -0.430. The second-order valence-electron chi connectivity index (χ2n) is 5.42. The minimum Gasteiger partial charge on any atom is -0.381 e. The number of hydrogen-bond donors (Lipinski definition) is 0. The first-order chi connectivity index (χ1) is 9.15. The summed E-state index contributed by atoms with van der Waals surface area (Å²) >= 11 is 1.62. The van der Waals surface area contributed by atoms with E-state index in [1.807, 2.05) is 16.8 Å². The van der Waals surface area contributed by atoms with Crippen LogP contribution in [0.5, 0.6) is 0 Å². The molecule has 6 heteroatoms. The average molecular weight is 301 g/mol. The number of hydrogen-bond acceptors (Lipinski definition) is 4. The van der Waals surface area contributed by atoms with E-state index in [2.05, 4.69) is 0 Å². The van der Waals surface area contributed by atoms with E-state index in [1.54, 1.807) is 15.6 Å². The molecule has 3 rings (SSSR count). The standard InChI is InChI=1S/C13H19NO3S2/c15-19(16,10-12-3-5-17-8-12)14(13-1-2-13)7-11-4-6-18-9-11/h4,6,9,12-13H,1-3,5,7-8,10H2/t12-/m0/s1.